The summed E-state index contributed by atoms with van der Waals surface area (Å²) in [6, 6.07) is 0. The van der Waals surface area contributed by atoms with E-state index in [0.29, 0.717) is 5.38 Å². The predicted molar refractivity (Wildman–Crippen MR) is 62.5 cm³/mol. The molecule has 0 aromatic rings. The fraction of sp³-hybridized carbons (Fsp3) is 1.00. The first-order valence-corrected chi connectivity index (χ1v) is 6.32. The molecule has 0 aliphatic carbocycles. The molecule has 0 heterocycles. The van der Waals surface area contributed by atoms with E-state index >= 15 is 0 Å². The van der Waals surface area contributed by atoms with E-state index in [9.17, 15) is 0 Å². The molecule has 0 rings (SSSR count). The third kappa shape index (κ3) is 7.37. The summed E-state index contributed by atoms with van der Waals surface area (Å²) in [5, 5.41) is 0.430. The van der Waals surface area contributed by atoms with Crippen LogP contribution in [0, 0.1) is 5.92 Å². The number of halogens is 1. The molecule has 0 bridgehead atoms. The first kappa shape index (κ1) is 13.3. The minimum atomic E-state index is 0.430. The van der Waals surface area contributed by atoms with Crippen molar-refractivity contribution in [1.82, 2.24) is 0 Å². The minimum absolute atomic E-state index is 0.430. The van der Waals surface area contributed by atoms with Gasteiger partial charge in [-0.05, 0) is 18.8 Å². The maximum absolute atomic E-state index is 6.15. The molecule has 0 aromatic heterocycles. The van der Waals surface area contributed by atoms with Gasteiger partial charge in [-0.25, -0.2) is 0 Å². The van der Waals surface area contributed by atoms with E-state index in [1.54, 1.807) is 0 Å². The van der Waals surface area contributed by atoms with Crippen LogP contribution in [-0.2, 0) is 0 Å². The average molecular weight is 205 g/mol. The van der Waals surface area contributed by atoms with Crippen molar-refractivity contribution < 1.29 is 0 Å². The van der Waals surface area contributed by atoms with Crippen molar-refractivity contribution in [2.24, 2.45) is 5.92 Å². The highest BCUT2D eigenvalue weighted by atomic mass is 35.5. The molecular weight excluding hydrogens is 180 g/mol. The molecule has 80 valence electrons. The van der Waals surface area contributed by atoms with Crippen LogP contribution in [0.1, 0.15) is 65.7 Å². The Bertz CT molecular complexity index is 97.3. The molecule has 0 spiro atoms. The maximum Gasteiger partial charge on any atom is 0.0336 e. The first-order valence-electron chi connectivity index (χ1n) is 5.88. The van der Waals surface area contributed by atoms with Crippen LogP contribution in [0.5, 0.6) is 0 Å². The molecule has 0 saturated heterocycles. The van der Waals surface area contributed by atoms with E-state index in [1.807, 2.05) is 0 Å². The summed E-state index contributed by atoms with van der Waals surface area (Å²) in [5.74, 6) is 0.936. The van der Waals surface area contributed by atoms with Gasteiger partial charge in [0.1, 0.15) is 0 Å². The molecule has 0 aliphatic heterocycles. The lowest BCUT2D eigenvalue weighted by molar-refractivity contribution is 0.429. The summed E-state index contributed by atoms with van der Waals surface area (Å²) in [4.78, 5) is 0. The molecule has 1 atom stereocenters. The van der Waals surface area contributed by atoms with E-state index in [4.69, 9.17) is 11.6 Å². The highest BCUT2D eigenvalue weighted by molar-refractivity contribution is 6.20. The monoisotopic (exact) mass is 204 g/mol. The zero-order valence-corrected chi connectivity index (χ0v) is 10.2. The lowest BCUT2D eigenvalue weighted by Gasteiger charge is -2.13. The van der Waals surface area contributed by atoms with Crippen molar-refractivity contribution in [3.8, 4) is 0 Å². The highest BCUT2D eigenvalue weighted by Crippen LogP contribution is 2.19. The molecule has 0 radical (unpaired) electrons. The van der Waals surface area contributed by atoms with Crippen LogP contribution in [0.15, 0.2) is 0 Å². The molecule has 0 N–H and O–H groups in total. The Morgan fingerprint density at radius 3 is 2.00 bits per heavy atom. The fourth-order valence-electron chi connectivity index (χ4n) is 1.78. The van der Waals surface area contributed by atoms with Crippen LogP contribution in [0.4, 0.5) is 0 Å². The molecule has 0 aliphatic rings. The Morgan fingerprint density at radius 1 is 0.923 bits per heavy atom. The number of alkyl halides is 1. The standard InChI is InChI=1S/C12H25Cl/c1-4-8-12(13)10-7-9-11(5-2)6-3/h11-12H,4-10H2,1-3H3. The van der Waals surface area contributed by atoms with Crippen molar-refractivity contribution in [2.45, 2.75) is 71.1 Å². The predicted octanol–water partition coefficient (Wildman–Crippen LogP) is 5.00. The molecule has 0 amide bonds. The molecule has 0 fully saturated rings. The molecule has 0 aromatic carbocycles. The zero-order valence-electron chi connectivity index (χ0n) is 9.48. The van der Waals surface area contributed by atoms with E-state index in [2.05, 4.69) is 20.8 Å². The Hall–Kier alpha value is 0.290. The summed E-state index contributed by atoms with van der Waals surface area (Å²) in [5.41, 5.74) is 0. The van der Waals surface area contributed by atoms with Crippen molar-refractivity contribution in [3.05, 3.63) is 0 Å². The quantitative estimate of drug-likeness (QED) is 0.488. The molecule has 1 unspecified atom stereocenters. The Balaban J connectivity index is 3.32. The van der Waals surface area contributed by atoms with Gasteiger partial charge >= 0.3 is 0 Å². The van der Waals surface area contributed by atoms with E-state index < -0.39 is 0 Å². The summed E-state index contributed by atoms with van der Waals surface area (Å²) < 4.78 is 0. The van der Waals surface area contributed by atoms with Crippen LogP contribution >= 0.6 is 11.6 Å². The lowest BCUT2D eigenvalue weighted by Crippen LogP contribution is -2.01. The van der Waals surface area contributed by atoms with E-state index in [1.165, 1.54) is 44.9 Å². The Morgan fingerprint density at radius 2 is 1.54 bits per heavy atom. The number of rotatable bonds is 8. The second kappa shape index (κ2) is 8.87. The van der Waals surface area contributed by atoms with Gasteiger partial charge in [0.25, 0.3) is 0 Å². The average Bonchev–Trinajstić information content (AvgIpc) is 2.13. The van der Waals surface area contributed by atoms with Gasteiger partial charge in [0.15, 0.2) is 0 Å². The molecule has 13 heavy (non-hydrogen) atoms. The summed E-state index contributed by atoms with van der Waals surface area (Å²) >= 11 is 6.15. The van der Waals surface area contributed by atoms with Crippen molar-refractivity contribution in [1.29, 1.82) is 0 Å². The highest BCUT2D eigenvalue weighted by Gasteiger charge is 2.06. The second-order valence-corrected chi connectivity index (χ2v) is 4.62. The topological polar surface area (TPSA) is 0 Å². The van der Waals surface area contributed by atoms with Crippen molar-refractivity contribution >= 4 is 11.6 Å². The molecule has 0 nitrogen and oxygen atoms in total. The fourth-order valence-corrected chi connectivity index (χ4v) is 2.16. The summed E-state index contributed by atoms with van der Waals surface area (Å²) in [6.07, 6.45) is 8.98. The third-order valence-electron chi connectivity index (χ3n) is 2.89. The van der Waals surface area contributed by atoms with Gasteiger partial charge < -0.3 is 0 Å². The van der Waals surface area contributed by atoms with Gasteiger partial charge in [0.05, 0.1) is 0 Å². The summed E-state index contributed by atoms with van der Waals surface area (Å²) in [6.45, 7) is 6.78. The largest absolute Gasteiger partial charge is 0.123 e. The van der Waals surface area contributed by atoms with Crippen LogP contribution in [0.25, 0.3) is 0 Å². The van der Waals surface area contributed by atoms with Gasteiger partial charge in [0.2, 0.25) is 0 Å². The first-order chi connectivity index (χ1) is 6.24. The maximum atomic E-state index is 6.15. The molecular formula is C12H25Cl. The van der Waals surface area contributed by atoms with Crippen molar-refractivity contribution in [2.75, 3.05) is 0 Å². The summed E-state index contributed by atoms with van der Waals surface area (Å²) in [7, 11) is 0. The van der Waals surface area contributed by atoms with Gasteiger partial charge in [-0.2, -0.15) is 0 Å². The second-order valence-electron chi connectivity index (χ2n) is 4.00. The van der Waals surface area contributed by atoms with E-state index in [0.717, 1.165) is 5.92 Å². The van der Waals surface area contributed by atoms with Crippen LogP contribution < -0.4 is 0 Å². The number of hydrogen-bond acceptors (Lipinski definition) is 0. The molecule has 1 heteroatoms. The normalized spacial score (nSPS) is 13.6. The van der Waals surface area contributed by atoms with E-state index in [-0.39, 0.29) is 0 Å². The van der Waals surface area contributed by atoms with Gasteiger partial charge in [-0.15, -0.1) is 11.6 Å². The van der Waals surface area contributed by atoms with Crippen LogP contribution in [0.3, 0.4) is 0 Å². The number of hydrogen-bond donors (Lipinski definition) is 0. The van der Waals surface area contributed by atoms with Gasteiger partial charge in [-0.1, -0.05) is 52.9 Å². The minimum Gasteiger partial charge on any atom is -0.123 e. The SMILES string of the molecule is CCCC(Cl)CCCC(CC)CC. The van der Waals surface area contributed by atoms with Crippen LogP contribution in [-0.4, -0.2) is 5.38 Å². The lowest BCUT2D eigenvalue weighted by atomic mass is 9.96. The zero-order chi connectivity index (χ0) is 10.1. The Kier molecular flexibility index (Phi) is 9.07. The van der Waals surface area contributed by atoms with Crippen LogP contribution in [0.2, 0.25) is 0 Å². The Labute approximate surface area is 89.1 Å². The van der Waals surface area contributed by atoms with Gasteiger partial charge in [-0.3, -0.25) is 0 Å². The molecule has 0 saturated carbocycles. The van der Waals surface area contributed by atoms with Crippen molar-refractivity contribution in [3.63, 3.8) is 0 Å². The van der Waals surface area contributed by atoms with Gasteiger partial charge in [0, 0.05) is 5.38 Å². The smallest absolute Gasteiger partial charge is 0.0336 e. The third-order valence-corrected chi connectivity index (χ3v) is 3.32.